The van der Waals surface area contributed by atoms with Crippen molar-refractivity contribution in [2.24, 2.45) is 5.41 Å². The van der Waals surface area contributed by atoms with Gasteiger partial charge in [0.25, 0.3) is 0 Å². The van der Waals surface area contributed by atoms with Crippen LogP contribution in [0.15, 0.2) is 0 Å². The first-order valence-corrected chi connectivity index (χ1v) is 6.73. The summed E-state index contributed by atoms with van der Waals surface area (Å²) in [6, 6.07) is 0. The van der Waals surface area contributed by atoms with Gasteiger partial charge in [0.1, 0.15) is 0 Å². The minimum atomic E-state index is -0.197. The van der Waals surface area contributed by atoms with Crippen LogP contribution in [0, 0.1) is 5.41 Å². The van der Waals surface area contributed by atoms with Crippen molar-refractivity contribution in [1.82, 2.24) is 10.2 Å². The highest BCUT2D eigenvalue weighted by atomic mass is 16.3. The molecule has 17 heavy (non-hydrogen) atoms. The summed E-state index contributed by atoms with van der Waals surface area (Å²) in [5.41, 5.74) is -0.197. The van der Waals surface area contributed by atoms with Gasteiger partial charge in [0.15, 0.2) is 0 Å². The third-order valence-electron chi connectivity index (χ3n) is 3.65. The van der Waals surface area contributed by atoms with Crippen LogP contribution in [0.25, 0.3) is 0 Å². The van der Waals surface area contributed by atoms with Gasteiger partial charge in [0.05, 0.1) is 5.41 Å². The summed E-state index contributed by atoms with van der Waals surface area (Å²) < 4.78 is 0. The number of hydrogen-bond acceptors (Lipinski definition) is 3. The second-order valence-electron chi connectivity index (χ2n) is 5.11. The van der Waals surface area contributed by atoms with E-state index in [2.05, 4.69) is 12.2 Å². The molecule has 0 radical (unpaired) electrons. The van der Waals surface area contributed by atoms with E-state index in [9.17, 15) is 4.79 Å². The zero-order valence-electron chi connectivity index (χ0n) is 11.2. The van der Waals surface area contributed by atoms with Crippen LogP contribution in [-0.2, 0) is 4.79 Å². The molecule has 0 spiro atoms. The Morgan fingerprint density at radius 2 is 2.29 bits per heavy atom. The molecule has 1 unspecified atom stereocenters. The van der Waals surface area contributed by atoms with E-state index < -0.39 is 0 Å². The number of hydrogen-bond donors (Lipinski definition) is 2. The molecule has 1 atom stereocenters. The van der Waals surface area contributed by atoms with E-state index in [0.717, 1.165) is 38.8 Å². The van der Waals surface area contributed by atoms with E-state index in [-0.39, 0.29) is 17.9 Å². The number of piperidine rings is 1. The van der Waals surface area contributed by atoms with E-state index in [0.29, 0.717) is 13.0 Å². The monoisotopic (exact) mass is 242 g/mol. The predicted octanol–water partition coefficient (Wildman–Crippen LogP) is 0.997. The van der Waals surface area contributed by atoms with Crippen LogP contribution in [0.1, 0.15) is 39.0 Å². The number of amides is 1. The van der Waals surface area contributed by atoms with Gasteiger partial charge >= 0.3 is 0 Å². The molecule has 1 saturated heterocycles. The van der Waals surface area contributed by atoms with Crippen LogP contribution >= 0.6 is 0 Å². The lowest BCUT2D eigenvalue weighted by molar-refractivity contribution is -0.142. The molecule has 100 valence electrons. The van der Waals surface area contributed by atoms with Gasteiger partial charge in [-0.1, -0.05) is 13.3 Å². The lowest BCUT2D eigenvalue weighted by atomic mass is 9.76. The van der Waals surface area contributed by atoms with E-state index in [1.807, 2.05) is 7.05 Å². The van der Waals surface area contributed by atoms with Gasteiger partial charge in [-0.05, 0) is 32.2 Å². The third kappa shape index (κ3) is 3.68. The highest BCUT2D eigenvalue weighted by Crippen LogP contribution is 2.33. The number of rotatable bonds is 6. The van der Waals surface area contributed by atoms with Crippen LogP contribution in [0.5, 0.6) is 0 Å². The first-order valence-electron chi connectivity index (χ1n) is 6.73. The number of aliphatic hydroxyl groups excluding tert-OH is 1. The highest BCUT2D eigenvalue weighted by Gasteiger charge is 2.40. The molecule has 1 aliphatic rings. The summed E-state index contributed by atoms with van der Waals surface area (Å²) in [7, 11) is 1.85. The Morgan fingerprint density at radius 1 is 1.53 bits per heavy atom. The molecule has 4 nitrogen and oxygen atoms in total. The number of aliphatic hydroxyl groups is 1. The van der Waals surface area contributed by atoms with E-state index in [1.54, 1.807) is 4.90 Å². The Kier molecular flexibility index (Phi) is 5.92. The molecular formula is C13H26N2O2. The van der Waals surface area contributed by atoms with Crippen LogP contribution in [0.2, 0.25) is 0 Å². The molecule has 0 saturated carbocycles. The molecule has 1 rings (SSSR count). The smallest absolute Gasteiger partial charge is 0.229 e. The largest absolute Gasteiger partial charge is 0.396 e. The second kappa shape index (κ2) is 6.97. The molecule has 0 bridgehead atoms. The lowest BCUT2D eigenvalue weighted by Crippen LogP contribution is -2.51. The fourth-order valence-corrected chi connectivity index (χ4v) is 2.76. The molecule has 0 aromatic carbocycles. The Hall–Kier alpha value is -0.610. The average Bonchev–Trinajstić information content (AvgIpc) is 2.36. The lowest BCUT2D eigenvalue weighted by Gasteiger charge is -2.39. The maximum absolute atomic E-state index is 12.5. The van der Waals surface area contributed by atoms with Crippen molar-refractivity contribution in [3.63, 3.8) is 0 Å². The summed E-state index contributed by atoms with van der Waals surface area (Å²) in [4.78, 5) is 14.3. The highest BCUT2D eigenvalue weighted by molar-refractivity contribution is 5.83. The molecule has 1 amide bonds. The van der Waals surface area contributed by atoms with Crippen LogP contribution in [-0.4, -0.2) is 49.2 Å². The SMILES string of the molecule is CCCC1(C(=O)N(C)CCCO)CCCNC1. The van der Waals surface area contributed by atoms with E-state index in [4.69, 9.17) is 5.11 Å². The van der Waals surface area contributed by atoms with Gasteiger partial charge < -0.3 is 15.3 Å². The van der Waals surface area contributed by atoms with Crippen molar-refractivity contribution >= 4 is 5.91 Å². The van der Waals surface area contributed by atoms with Crippen LogP contribution in [0.3, 0.4) is 0 Å². The molecule has 0 aromatic heterocycles. The molecule has 1 heterocycles. The Labute approximate surface area is 104 Å². The van der Waals surface area contributed by atoms with Crippen LogP contribution in [0.4, 0.5) is 0 Å². The zero-order chi connectivity index (χ0) is 12.7. The first-order chi connectivity index (χ1) is 8.16. The summed E-state index contributed by atoms with van der Waals surface area (Å²) in [6.45, 7) is 4.77. The number of nitrogens with one attached hydrogen (secondary N) is 1. The fourth-order valence-electron chi connectivity index (χ4n) is 2.76. The fraction of sp³-hybridized carbons (Fsp3) is 0.923. The van der Waals surface area contributed by atoms with Crippen molar-refractivity contribution in [2.75, 3.05) is 33.3 Å². The number of nitrogens with zero attached hydrogens (tertiary/aromatic N) is 1. The van der Waals surface area contributed by atoms with Gasteiger partial charge in [-0.15, -0.1) is 0 Å². The van der Waals surface area contributed by atoms with E-state index in [1.165, 1.54) is 0 Å². The molecule has 2 N–H and O–H groups in total. The van der Waals surface area contributed by atoms with Gasteiger partial charge in [0, 0.05) is 26.7 Å². The quantitative estimate of drug-likeness (QED) is 0.730. The summed E-state index contributed by atoms with van der Waals surface area (Å²) in [5, 5.41) is 12.2. The average molecular weight is 242 g/mol. The maximum Gasteiger partial charge on any atom is 0.229 e. The minimum absolute atomic E-state index is 0.149. The van der Waals surface area contributed by atoms with Crippen molar-refractivity contribution in [1.29, 1.82) is 0 Å². The zero-order valence-corrected chi connectivity index (χ0v) is 11.2. The maximum atomic E-state index is 12.5. The Bertz CT molecular complexity index is 232. The van der Waals surface area contributed by atoms with Gasteiger partial charge in [-0.25, -0.2) is 0 Å². The second-order valence-corrected chi connectivity index (χ2v) is 5.11. The minimum Gasteiger partial charge on any atom is -0.396 e. The molecule has 1 aliphatic heterocycles. The molecule has 1 fully saturated rings. The van der Waals surface area contributed by atoms with Crippen molar-refractivity contribution in [2.45, 2.75) is 39.0 Å². The van der Waals surface area contributed by atoms with Crippen molar-refractivity contribution in [3.8, 4) is 0 Å². The Morgan fingerprint density at radius 3 is 2.82 bits per heavy atom. The third-order valence-corrected chi connectivity index (χ3v) is 3.65. The summed E-state index contributed by atoms with van der Waals surface area (Å²) in [6.07, 6.45) is 4.75. The summed E-state index contributed by atoms with van der Waals surface area (Å²) in [5.74, 6) is 0.250. The van der Waals surface area contributed by atoms with Crippen molar-refractivity contribution < 1.29 is 9.90 Å². The van der Waals surface area contributed by atoms with Gasteiger partial charge in [-0.2, -0.15) is 0 Å². The molecule has 4 heteroatoms. The number of carbonyl (C=O) groups excluding carboxylic acids is 1. The predicted molar refractivity (Wildman–Crippen MR) is 68.8 cm³/mol. The van der Waals surface area contributed by atoms with E-state index >= 15 is 0 Å². The summed E-state index contributed by atoms with van der Waals surface area (Å²) >= 11 is 0. The normalized spacial score (nSPS) is 24.6. The first kappa shape index (κ1) is 14.5. The van der Waals surface area contributed by atoms with Crippen LogP contribution < -0.4 is 5.32 Å². The standard InChI is InChI=1S/C13H26N2O2/c1-3-6-13(7-4-8-14-11-13)12(17)15(2)9-5-10-16/h14,16H,3-11H2,1-2H3. The number of carbonyl (C=O) groups is 1. The topological polar surface area (TPSA) is 52.6 Å². The van der Waals surface area contributed by atoms with Crippen molar-refractivity contribution in [3.05, 3.63) is 0 Å². The Balaban J connectivity index is 2.65. The molecule has 0 aliphatic carbocycles. The van der Waals surface area contributed by atoms with Gasteiger partial charge in [0.2, 0.25) is 5.91 Å². The van der Waals surface area contributed by atoms with Gasteiger partial charge in [-0.3, -0.25) is 4.79 Å². The molecule has 0 aromatic rings. The molecular weight excluding hydrogens is 216 g/mol.